The summed E-state index contributed by atoms with van der Waals surface area (Å²) in [6.45, 7) is 0.580. The molecule has 0 amide bonds. The molecule has 1 aliphatic carbocycles. The van der Waals surface area contributed by atoms with Gasteiger partial charge in [-0.05, 0) is 19.1 Å². The molecule has 1 fully saturated rings. The molecular formula is C12H14F3NS. The summed E-state index contributed by atoms with van der Waals surface area (Å²) in [5.41, 5.74) is 0.0317. The highest BCUT2D eigenvalue weighted by Crippen LogP contribution is 2.42. The molecule has 0 saturated heterocycles. The summed E-state index contributed by atoms with van der Waals surface area (Å²) in [5.74, 6) is -2.93. The largest absolute Gasteiger partial charge is 0.381 e. The third-order valence-electron chi connectivity index (χ3n) is 3.31. The number of halogens is 3. The summed E-state index contributed by atoms with van der Waals surface area (Å²) in [7, 11) is 0. The minimum atomic E-state index is -1.16. The van der Waals surface area contributed by atoms with Crippen LogP contribution in [0.5, 0.6) is 0 Å². The Morgan fingerprint density at radius 2 is 1.82 bits per heavy atom. The maximum Gasteiger partial charge on any atom is 0.161 e. The van der Waals surface area contributed by atoms with Gasteiger partial charge in [0.25, 0.3) is 0 Å². The normalized spacial score (nSPS) is 17.6. The maximum atomic E-state index is 13.4. The molecule has 0 unspecified atom stereocenters. The number of benzene rings is 1. The molecule has 1 aromatic carbocycles. The van der Waals surface area contributed by atoms with Crippen molar-refractivity contribution in [1.29, 1.82) is 0 Å². The van der Waals surface area contributed by atoms with Crippen molar-refractivity contribution in [2.24, 2.45) is 0 Å². The lowest BCUT2D eigenvalue weighted by atomic mass is 9.84. The molecule has 2 rings (SSSR count). The number of rotatable bonds is 4. The van der Waals surface area contributed by atoms with E-state index in [1.54, 1.807) is 11.8 Å². The molecule has 0 spiro atoms. The van der Waals surface area contributed by atoms with E-state index in [9.17, 15) is 13.2 Å². The van der Waals surface area contributed by atoms with Crippen LogP contribution in [-0.2, 0) is 0 Å². The predicted molar refractivity (Wildman–Crippen MR) is 64.9 cm³/mol. The summed E-state index contributed by atoms with van der Waals surface area (Å²) in [5, 5.41) is 2.87. The van der Waals surface area contributed by atoms with E-state index in [1.165, 1.54) is 6.42 Å². The fourth-order valence-electron chi connectivity index (χ4n) is 1.94. The van der Waals surface area contributed by atoms with E-state index < -0.39 is 17.5 Å². The minimum absolute atomic E-state index is 0.0317. The van der Waals surface area contributed by atoms with Crippen molar-refractivity contribution in [2.75, 3.05) is 18.1 Å². The lowest BCUT2D eigenvalue weighted by Crippen LogP contribution is -2.40. The van der Waals surface area contributed by atoms with E-state index in [4.69, 9.17) is 0 Å². The van der Waals surface area contributed by atoms with Gasteiger partial charge in [-0.1, -0.05) is 6.42 Å². The van der Waals surface area contributed by atoms with Gasteiger partial charge in [0.15, 0.2) is 11.6 Å². The van der Waals surface area contributed by atoms with Gasteiger partial charge in [-0.2, -0.15) is 11.8 Å². The summed E-state index contributed by atoms with van der Waals surface area (Å²) >= 11 is 1.74. The Hall–Kier alpha value is -0.840. The topological polar surface area (TPSA) is 12.0 Å². The maximum absolute atomic E-state index is 13.4. The molecule has 0 aromatic heterocycles. The standard InChI is InChI=1S/C12H14F3NS/c1-17-12(3-2-4-12)7-16-11-6-9(14)8(13)5-10(11)15/h5-6,16H,2-4,7H2,1H3. The highest BCUT2D eigenvalue weighted by atomic mass is 32.2. The predicted octanol–water partition coefficient (Wildman–Crippen LogP) is 3.80. The van der Waals surface area contributed by atoms with Crippen molar-refractivity contribution < 1.29 is 13.2 Å². The zero-order valence-electron chi connectivity index (χ0n) is 9.53. The van der Waals surface area contributed by atoms with Gasteiger partial charge in [-0.25, -0.2) is 13.2 Å². The van der Waals surface area contributed by atoms with Crippen LogP contribution in [0, 0.1) is 17.5 Å². The molecule has 0 heterocycles. The third kappa shape index (κ3) is 2.54. The highest BCUT2D eigenvalue weighted by Gasteiger charge is 2.35. The second-order valence-electron chi connectivity index (χ2n) is 4.34. The van der Waals surface area contributed by atoms with Crippen molar-refractivity contribution in [3.63, 3.8) is 0 Å². The van der Waals surface area contributed by atoms with Gasteiger partial charge in [0.05, 0.1) is 5.69 Å². The van der Waals surface area contributed by atoms with Crippen molar-refractivity contribution in [1.82, 2.24) is 0 Å². The Morgan fingerprint density at radius 1 is 1.18 bits per heavy atom. The van der Waals surface area contributed by atoms with Gasteiger partial charge in [0.2, 0.25) is 0 Å². The van der Waals surface area contributed by atoms with Crippen LogP contribution < -0.4 is 5.32 Å². The van der Waals surface area contributed by atoms with Crippen LogP contribution in [0.3, 0.4) is 0 Å². The van der Waals surface area contributed by atoms with Crippen LogP contribution in [0.4, 0.5) is 18.9 Å². The first kappa shape index (κ1) is 12.6. The smallest absolute Gasteiger partial charge is 0.161 e. The average Bonchev–Trinajstić information content (AvgIpc) is 2.24. The molecule has 0 aliphatic heterocycles. The van der Waals surface area contributed by atoms with Gasteiger partial charge in [0.1, 0.15) is 5.82 Å². The van der Waals surface area contributed by atoms with Crippen molar-refractivity contribution in [3.8, 4) is 0 Å². The van der Waals surface area contributed by atoms with E-state index in [2.05, 4.69) is 5.32 Å². The molecular weight excluding hydrogens is 247 g/mol. The average molecular weight is 261 g/mol. The molecule has 1 N–H and O–H groups in total. The molecule has 17 heavy (non-hydrogen) atoms. The number of anilines is 1. The Labute approximate surface area is 103 Å². The van der Waals surface area contributed by atoms with Crippen molar-refractivity contribution >= 4 is 17.4 Å². The van der Waals surface area contributed by atoms with Crippen LogP contribution in [-0.4, -0.2) is 17.5 Å². The first-order valence-electron chi connectivity index (χ1n) is 5.50. The Balaban J connectivity index is 2.06. The summed E-state index contributed by atoms with van der Waals surface area (Å²) in [4.78, 5) is 0. The Kier molecular flexibility index (Phi) is 3.56. The Morgan fingerprint density at radius 3 is 2.35 bits per heavy atom. The zero-order valence-corrected chi connectivity index (χ0v) is 10.3. The summed E-state index contributed by atoms with van der Waals surface area (Å²) in [6.07, 6.45) is 5.34. The van der Waals surface area contributed by atoms with E-state index in [0.717, 1.165) is 18.9 Å². The second kappa shape index (κ2) is 4.80. The van der Waals surface area contributed by atoms with E-state index >= 15 is 0 Å². The van der Waals surface area contributed by atoms with E-state index in [0.29, 0.717) is 12.6 Å². The van der Waals surface area contributed by atoms with E-state index in [1.807, 2.05) is 6.26 Å². The quantitative estimate of drug-likeness (QED) is 0.827. The lowest BCUT2D eigenvalue weighted by Gasteiger charge is -2.40. The van der Waals surface area contributed by atoms with Gasteiger partial charge >= 0.3 is 0 Å². The SMILES string of the molecule is CSC1(CNc2cc(F)c(F)cc2F)CCC1. The van der Waals surface area contributed by atoms with Gasteiger partial charge in [-0.15, -0.1) is 0 Å². The van der Waals surface area contributed by atoms with Crippen molar-refractivity contribution in [2.45, 2.75) is 24.0 Å². The molecule has 1 saturated carbocycles. The van der Waals surface area contributed by atoms with Crippen LogP contribution in [0.1, 0.15) is 19.3 Å². The van der Waals surface area contributed by atoms with Crippen LogP contribution in [0.2, 0.25) is 0 Å². The Bertz CT molecular complexity index is 413. The number of thioether (sulfide) groups is 1. The zero-order chi connectivity index (χ0) is 12.5. The van der Waals surface area contributed by atoms with Gasteiger partial charge in [-0.3, -0.25) is 0 Å². The number of hydrogen-bond acceptors (Lipinski definition) is 2. The molecule has 0 bridgehead atoms. The molecule has 0 atom stereocenters. The monoisotopic (exact) mass is 261 g/mol. The minimum Gasteiger partial charge on any atom is -0.381 e. The van der Waals surface area contributed by atoms with Gasteiger partial charge < -0.3 is 5.32 Å². The first-order valence-corrected chi connectivity index (χ1v) is 6.72. The fourth-order valence-corrected chi connectivity index (χ4v) is 2.85. The highest BCUT2D eigenvalue weighted by molar-refractivity contribution is 8.00. The van der Waals surface area contributed by atoms with Gasteiger partial charge in [0, 0.05) is 23.4 Å². The third-order valence-corrected chi connectivity index (χ3v) is 4.73. The lowest BCUT2D eigenvalue weighted by molar-refractivity contribution is 0.379. The van der Waals surface area contributed by atoms with Crippen LogP contribution >= 0.6 is 11.8 Å². The molecule has 0 radical (unpaired) electrons. The van der Waals surface area contributed by atoms with E-state index in [-0.39, 0.29) is 10.4 Å². The van der Waals surface area contributed by atoms with Crippen molar-refractivity contribution in [3.05, 3.63) is 29.6 Å². The molecule has 1 aliphatic rings. The molecule has 94 valence electrons. The molecule has 1 aromatic rings. The number of hydrogen-bond donors (Lipinski definition) is 1. The first-order chi connectivity index (χ1) is 8.06. The fraction of sp³-hybridized carbons (Fsp3) is 0.500. The van der Waals surface area contributed by atoms with Crippen LogP contribution in [0.15, 0.2) is 12.1 Å². The second-order valence-corrected chi connectivity index (χ2v) is 5.61. The summed E-state index contributed by atoms with van der Waals surface area (Å²) < 4.78 is 39.2. The summed E-state index contributed by atoms with van der Waals surface area (Å²) in [6, 6.07) is 1.45. The molecule has 1 nitrogen and oxygen atoms in total. The number of nitrogens with one attached hydrogen (secondary N) is 1. The van der Waals surface area contributed by atoms with Crippen LogP contribution in [0.25, 0.3) is 0 Å². The molecule has 5 heteroatoms.